The molecular formula is C13H11N3O2. The van der Waals surface area contributed by atoms with E-state index in [1.54, 1.807) is 0 Å². The van der Waals surface area contributed by atoms with E-state index in [1.807, 2.05) is 30.3 Å². The predicted molar refractivity (Wildman–Crippen MR) is 66.5 cm³/mol. The topological polar surface area (TPSA) is 82.0 Å². The van der Waals surface area contributed by atoms with Crippen molar-refractivity contribution in [1.29, 1.82) is 0 Å². The van der Waals surface area contributed by atoms with Crippen LogP contribution in [0.2, 0.25) is 0 Å². The van der Waals surface area contributed by atoms with E-state index in [0.29, 0.717) is 23.0 Å². The molecule has 18 heavy (non-hydrogen) atoms. The van der Waals surface area contributed by atoms with Crippen molar-refractivity contribution in [2.24, 2.45) is 0 Å². The van der Waals surface area contributed by atoms with Crippen LogP contribution in [0.3, 0.4) is 0 Å². The SMILES string of the molecule is Oc1cc2n[nH]nc2c(Cc2ccccc2)c1O. The van der Waals surface area contributed by atoms with Gasteiger partial charge in [-0.3, -0.25) is 0 Å². The zero-order valence-corrected chi connectivity index (χ0v) is 9.46. The molecule has 5 nitrogen and oxygen atoms in total. The van der Waals surface area contributed by atoms with E-state index in [1.165, 1.54) is 6.07 Å². The molecule has 1 heterocycles. The van der Waals surface area contributed by atoms with Crippen LogP contribution in [0.5, 0.6) is 11.5 Å². The lowest BCUT2D eigenvalue weighted by molar-refractivity contribution is 0.401. The average Bonchev–Trinajstić information content (AvgIpc) is 2.84. The van der Waals surface area contributed by atoms with Gasteiger partial charge in [-0.2, -0.15) is 15.4 Å². The van der Waals surface area contributed by atoms with E-state index >= 15 is 0 Å². The van der Waals surface area contributed by atoms with Crippen molar-refractivity contribution in [2.75, 3.05) is 0 Å². The molecule has 0 aliphatic carbocycles. The summed E-state index contributed by atoms with van der Waals surface area (Å²) in [6.07, 6.45) is 0.490. The molecule has 0 saturated carbocycles. The zero-order valence-electron chi connectivity index (χ0n) is 9.46. The highest BCUT2D eigenvalue weighted by Gasteiger charge is 2.15. The third-order valence-corrected chi connectivity index (χ3v) is 2.89. The van der Waals surface area contributed by atoms with E-state index in [0.717, 1.165) is 5.56 Å². The summed E-state index contributed by atoms with van der Waals surface area (Å²) in [7, 11) is 0. The number of rotatable bonds is 2. The Kier molecular flexibility index (Phi) is 2.37. The van der Waals surface area contributed by atoms with Crippen molar-refractivity contribution in [3.05, 3.63) is 47.5 Å². The summed E-state index contributed by atoms with van der Waals surface area (Å²) in [6.45, 7) is 0. The van der Waals surface area contributed by atoms with Gasteiger partial charge in [-0.25, -0.2) is 0 Å². The number of nitrogens with zero attached hydrogens (tertiary/aromatic N) is 2. The van der Waals surface area contributed by atoms with Crippen LogP contribution in [0.15, 0.2) is 36.4 Å². The summed E-state index contributed by atoms with van der Waals surface area (Å²) in [5.41, 5.74) is 2.72. The number of fused-ring (bicyclic) bond motifs is 1. The van der Waals surface area contributed by atoms with Crippen molar-refractivity contribution < 1.29 is 10.2 Å². The molecule has 3 aromatic rings. The first-order chi connectivity index (χ1) is 8.75. The second kappa shape index (κ2) is 4.03. The molecule has 0 spiro atoms. The standard InChI is InChI=1S/C13H11N3O2/c17-11-7-10-12(15-16-14-10)9(13(11)18)6-8-4-2-1-3-5-8/h1-5,7,17-18H,6H2,(H,14,15,16). The minimum Gasteiger partial charge on any atom is -0.504 e. The van der Waals surface area contributed by atoms with Gasteiger partial charge >= 0.3 is 0 Å². The molecule has 0 atom stereocenters. The molecule has 90 valence electrons. The second-order valence-corrected chi connectivity index (χ2v) is 4.08. The molecule has 5 heteroatoms. The summed E-state index contributed by atoms with van der Waals surface area (Å²) >= 11 is 0. The van der Waals surface area contributed by atoms with E-state index < -0.39 is 0 Å². The predicted octanol–water partition coefficient (Wildman–Crippen LogP) is 1.96. The summed E-state index contributed by atoms with van der Waals surface area (Å²) in [4.78, 5) is 0. The van der Waals surface area contributed by atoms with Crippen molar-refractivity contribution in [3.8, 4) is 11.5 Å². The fraction of sp³-hybridized carbons (Fsp3) is 0.0769. The normalized spacial score (nSPS) is 10.9. The minimum atomic E-state index is -0.178. The molecule has 0 fully saturated rings. The molecule has 1 aromatic heterocycles. The molecule has 0 bridgehead atoms. The van der Waals surface area contributed by atoms with Crippen LogP contribution in [0.1, 0.15) is 11.1 Å². The maximum atomic E-state index is 9.94. The van der Waals surface area contributed by atoms with Crippen molar-refractivity contribution in [2.45, 2.75) is 6.42 Å². The van der Waals surface area contributed by atoms with Crippen LogP contribution in [0.4, 0.5) is 0 Å². The van der Waals surface area contributed by atoms with Crippen molar-refractivity contribution in [1.82, 2.24) is 15.4 Å². The number of aromatic amines is 1. The largest absolute Gasteiger partial charge is 0.504 e. The second-order valence-electron chi connectivity index (χ2n) is 4.08. The average molecular weight is 241 g/mol. The lowest BCUT2D eigenvalue weighted by Gasteiger charge is -2.06. The zero-order chi connectivity index (χ0) is 12.5. The first-order valence-corrected chi connectivity index (χ1v) is 5.54. The Morgan fingerprint density at radius 1 is 1.06 bits per heavy atom. The molecule has 3 N–H and O–H groups in total. The van der Waals surface area contributed by atoms with Crippen LogP contribution < -0.4 is 0 Å². The highest BCUT2D eigenvalue weighted by molar-refractivity contribution is 5.83. The quantitative estimate of drug-likeness (QED) is 0.599. The number of hydrogen-bond donors (Lipinski definition) is 3. The van der Waals surface area contributed by atoms with Gasteiger partial charge in [-0.15, -0.1) is 0 Å². The molecule has 0 saturated heterocycles. The van der Waals surface area contributed by atoms with Crippen LogP contribution in [-0.4, -0.2) is 25.6 Å². The van der Waals surface area contributed by atoms with E-state index in [2.05, 4.69) is 15.4 Å². The van der Waals surface area contributed by atoms with Gasteiger partial charge in [-0.1, -0.05) is 30.3 Å². The first kappa shape index (κ1) is 10.6. The first-order valence-electron chi connectivity index (χ1n) is 5.54. The fourth-order valence-corrected chi connectivity index (χ4v) is 1.99. The van der Waals surface area contributed by atoms with Crippen molar-refractivity contribution >= 4 is 11.0 Å². The van der Waals surface area contributed by atoms with Crippen molar-refractivity contribution in [3.63, 3.8) is 0 Å². The minimum absolute atomic E-state index is 0.139. The third kappa shape index (κ3) is 1.66. The molecular weight excluding hydrogens is 230 g/mol. The maximum Gasteiger partial charge on any atom is 0.163 e. The molecule has 2 aromatic carbocycles. The molecule has 3 rings (SSSR count). The summed E-state index contributed by atoms with van der Waals surface area (Å²) < 4.78 is 0. The molecule has 0 unspecified atom stereocenters. The number of hydrogen-bond acceptors (Lipinski definition) is 4. The number of aromatic hydroxyl groups is 2. The van der Waals surface area contributed by atoms with E-state index in [4.69, 9.17) is 0 Å². The Labute approximate surface area is 103 Å². The molecule has 0 amide bonds. The van der Waals surface area contributed by atoms with E-state index in [9.17, 15) is 10.2 Å². The monoisotopic (exact) mass is 241 g/mol. The number of aromatic nitrogens is 3. The Balaban J connectivity index is 2.16. The molecule has 0 aliphatic rings. The number of H-pyrrole nitrogens is 1. The number of benzene rings is 2. The lowest BCUT2D eigenvalue weighted by Crippen LogP contribution is -1.91. The number of phenols is 2. The van der Waals surface area contributed by atoms with Gasteiger partial charge in [0.1, 0.15) is 11.0 Å². The summed E-state index contributed by atoms with van der Waals surface area (Å²) in [6, 6.07) is 11.1. The Hall–Kier alpha value is -2.56. The highest BCUT2D eigenvalue weighted by atomic mass is 16.3. The van der Waals surface area contributed by atoms with Gasteiger partial charge < -0.3 is 10.2 Å². The van der Waals surface area contributed by atoms with Gasteiger partial charge in [0.15, 0.2) is 11.5 Å². The summed E-state index contributed by atoms with van der Waals surface area (Å²) in [5, 5.41) is 30.0. The van der Waals surface area contributed by atoms with E-state index in [-0.39, 0.29) is 11.5 Å². The lowest BCUT2D eigenvalue weighted by atomic mass is 10.0. The molecule has 0 aliphatic heterocycles. The van der Waals surface area contributed by atoms with Gasteiger partial charge in [0.05, 0.1) is 0 Å². The van der Waals surface area contributed by atoms with Gasteiger partial charge in [0.25, 0.3) is 0 Å². The van der Waals surface area contributed by atoms with Crippen LogP contribution in [0.25, 0.3) is 11.0 Å². The third-order valence-electron chi connectivity index (χ3n) is 2.89. The maximum absolute atomic E-state index is 9.94. The Bertz CT molecular complexity index is 692. The Morgan fingerprint density at radius 3 is 2.61 bits per heavy atom. The van der Waals surface area contributed by atoms with Gasteiger partial charge in [0, 0.05) is 18.1 Å². The fourth-order valence-electron chi connectivity index (χ4n) is 1.99. The summed E-state index contributed by atoms with van der Waals surface area (Å²) in [5.74, 6) is -0.317. The van der Waals surface area contributed by atoms with Crippen LogP contribution in [-0.2, 0) is 6.42 Å². The highest BCUT2D eigenvalue weighted by Crippen LogP contribution is 2.35. The number of phenolic OH excluding ortho intramolecular Hbond substituents is 2. The van der Waals surface area contributed by atoms with Gasteiger partial charge in [-0.05, 0) is 5.56 Å². The molecule has 0 radical (unpaired) electrons. The Morgan fingerprint density at radius 2 is 1.83 bits per heavy atom. The number of nitrogens with one attached hydrogen (secondary N) is 1. The van der Waals surface area contributed by atoms with Gasteiger partial charge in [0.2, 0.25) is 0 Å². The smallest absolute Gasteiger partial charge is 0.163 e. The van der Waals surface area contributed by atoms with Crippen LogP contribution >= 0.6 is 0 Å². The van der Waals surface area contributed by atoms with Crippen LogP contribution in [0, 0.1) is 0 Å².